The van der Waals surface area contributed by atoms with Crippen LogP contribution in [0.25, 0.3) is 0 Å². The van der Waals surface area contributed by atoms with Gasteiger partial charge in [-0.25, -0.2) is 10.4 Å². The molecule has 1 fully saturated rings. The lowest BCUT2D eigenvalue weighted by Crippen LogP contribution is -2.50. The molecule has 2 heterocycles. The summed E-state index contributed by atoms with van der Waals surface area (Å²) in [7, 11) is 0. The number of hydrazine groups is 1. The highest BCUT2D eigenvalue weighted by molar-refractivity contribution is 8.14. The van der Waals surface area contributed by atoms with Crippen LogP contribution < -0.4 is 21.1 Å². The predicted molar refractivity (Wildman–Crippen MR) is 124 cm³/mol. The van der Waals surface area contributed by atoms with Crippen molar-refractivity contribution in [2.75, 3.05) is 16.0 Å². The number of nitrogens with one attached hydrogen (secondary N) is 4. The third-order valence-corrected chi connectivity index (χ3v) is 6.36. The van der Waals surface area contributed by atoms with Crippen molar-refractivity contribution in [2.24, 2.45) is 10.9 Å². The molecule has 156 valence electrons. The lowest BCUT2D eigenvalue weighted by molar-refractivity contribution is -0.113. The Labute approximate surface area is 184 Å². The fraction of sp³-hybridized carbons (Fsp3) is 0.286. The van der Waals surface area contributed by atoms with E-state index in [1.807, 2.05) is 55.1 Å². The number of amides is 1. The van der Waals surface area contributed by atoms with Crippen molar-refractivity contribution in [3.8, 4) is 0 Å². The van der Waals surface area contributed by atoms with Crippen LogP contribution in [0, 0.1) is 18.3 Å². The minimum absolute atomic E-state index is 0.0774. The number of fused-ring (bicyclic) bond motifs is 1. The van der Waals surface area contributed by atoms with Crippen molar-refractivity contribution >= 4 is 51.6 Å². The number of para-hydroxylation sites is 1. The van der Waals surface area contributed by atoms with E-state index in [0.717, 1.165) is 11.3 Å². The third kappa shape index (κ3) is 4.22. The molecule has 0 aliphatic carbocycles. The van der Waals surface area contributed by atoms with Crippen LogP contribution in [-0.4, -0.2) is 34.9 Å². The van der Waals surface area contributed by atoms with Gasteiger partial charge >= 0.3 is 0 Å². The van der Waals surface area contributed by atoms with E-state index in [2.05, 4.69) is 16.2 Å². The summed E-state index contributed by atoms with van der Waals surface area (Å²) >= 11 is 7.44. The molecule has 0 saturated carbocycles. The molecule has 0 spiro atoms. The molecule has 0 radical (unpaired) electrons. The summed E-state index contributed by atoms with van der Waals surface area (Å²) in [5.74, 6) is 0.339. The van der Waals surface area contributed by atoms with Crippen LogP contribution in [0.3, 0.4) is 0 Å². The maximum Gasteiger partial charge on any atom is 0.234 e. The van der Waals surface area contributed by atoms with Gasteiger partial charge in [0.05, 0.1) is 22.4 Å². The van der Waals surface area contributed by atoms with Crippen LogP contribution >= 0.6 is 23.4 Å². The Morgan fingerprint density at radius 1 is 1.27 bits per heavy atom. The van der Waals surface area contributed by atoms with Gasteiger partial charge < -0.3 is 5.32 Å². The van der Waals surface area contributed by atoms with Crippen molar-refractivity contribution in [3.05, 3.63) is 59.1 Å². The zero-order chi connectivity index (χ0) is 21.3. The molecule has 4 rings (SSSR count). The molecule has 9 heteroatoms. The average molecular weight is 443 g/mol. The first-order chi connectivity index (χ1) is 14.4. The number of amidine groups is 2. The van der Waals surface area contributed by atoms with E-state index in [0.29, 0.717) is 21.7 Å². The largest absolute Gasteiger partial charge is 0.324 e. The van der Waals surface area contributed by atoms with E-state index in [4.69, 9.17) is 22.0 Å². The number of aliphatic imine (C=N–C) groups is 1. The molecule has 3 unspecified atom stereocenters. The van der Waals surface area contributed by atoms with Gasteiger partial charge in [0, 0.05) is 11.7 Å². The molecule has 2 aromatic carbocycles. The summed E-state index contributed by atoms with van der Waals surface area (Å²) in [6.45, 7) is 4.05. The topological polar surface area (TPSA) is 92.6 Å². The van der Waals surface area contributed by atoms with Gasteiger partial charge in [0.2, 0.25) is 5.91 Å². The molecule has 2 aromatic rings. The van der Waals surface area contributed by atoms with E-state index in [9.17, 15) is 4.79 Å². The van der Waals surface area contributed by atoms with Crippen LogP contribution in [-0.2, 0) is 4.79 Å². The highest BCUT2D eigenvalue weighted by Crippen LogP contribution is 2.32. The number of aryl methyl sites for hydroxylation is 1. The Bertz CT molecular complexity index is 1010. The standard InChI is InChI=1S/C21H23ClN6OS/c1-12-6-5-7-14(10-12)28-19(23)18-13(2)26-27-20(18)25-21(28)30-11-17(29)24-16-9-4-3-8-15(16)22/h3-10,13,18,20,23,26-27H,11H2,1-2H3,(H,24,29). The normalized spacial score (nSPS) is 23.2. The minimum atomic E-state index is -0.234. The summed E-state index contributed by atoms with van der Waals surface area (Å²) in [6, 6.07) is 15.2. The van der Waals surface area contributed by atoms with Gasteiger partial charge in [0.15, 0.2) is 5.17 Å². The summed E-state index contributed by atoms with van der Waals surface area (Å²) in [5.41, 5.74) is 8.87. The first-order valence-electron chi connectivity index (χ1n) is 9.65. The van der Waals surface area contributed by atoms with Gasteiger partial charge in [-0.3, -0.25) is 20.5 Å². The van der Waals surface area contributed by atoms with Crippen LogP contribution in [0.5, 0.6) is 0 Å². The summed E-state index contributed by atoms with van der Waals surface area (Å²) < 4.78 is 0. The number of nitrogens with zero attached hydrogens (tertiary/aromatic N) is 2. The van der Waals surface area contributed by atoms with E-state index < -0.39 is 0 Å². The Hall–Kier alpha value is -2.39. The fourth-order valence-corrected chi connectivity index (χ4v) is 4.63. The predicted octanol–water partition coefficient (Wildman–Crippen LogP) is 3.61. The maximum absolute atomic E-state index is 12.5. The van der Waals surface area contributed by atoms with Crippen LogP contribution in [0.1, 0.15) is 12.5 Å². The lowest BCUT2D eigenvalue weighted by atomic mass is 9.97. The van der Waals surface area contributed by atoms with Crippen molar-refractivity contribution in [1.29, 1.82) is 5.41 Å². The number of carbonyl (C=O) groups excluding carboxylic acids is 1. The number of thioether (sulfide) groups is 1. The molecule has 7 nitrogen and oxygen atoms in total. The SMILES string of the molecule is Cc1cccc(N2C(=N)C3C(C)NNC3N=C2SCC(=O)Nc2ccccc2Cl)c1. The second-order valence-electron chi connectivity index (χ2n) is 7.34. The summed E-state index contributed by atoms with van der Waals surface area (Å²) in [5, 5.41) is 12.8. The molecular formula is C21H23ClN6OS. The highest BCUT2D eigenvalue weighted by atomic mass is 35.5. The van der Waals surface area contributed by atoms with Crippen LogP contribution in [0.15, 0.2) is 53.5 Å². The number of hydrogen-bond acceptors (Lipinski definition) is 6. The van der Waals surface area contributed by atoms with E-state index in [-0.39, 0.29) is 29.8 Å². The van der Waals surface area contributed by atoms with E-state index in [1.54, 1.807) is 12.1 Å². The molecule has 1 saturated heterocycles. The van der Waals surface area contributed by atoms with Gasteiger partial charge in [0.1, 0.15) is 12.0 Å². The van der Waals surface area contributed by atoms with Crippen molar-refractivity contribution in [2.45, 2.75) is 26.1 Å². The monoisotopic (exact) mass is 442 g/mol. The first-order valence-corrected chi connectivity index (χ1v) is 11.0. The second kappa shape index (κ2) is 8.77. The van der Waals surface area contributed by atoms with E-state index >= 15 is 0 Å². The molecule has 0 bridgehead atoms. The van der Waals surface area contributed by atoms with Crippen molar-refractivity contribution in [3.63, 3.8) is 0 Å². The number of rotatable bonds is 4. The van der Waals surface area contributed by atoms with Gasteiger partial charge in [-0.15, -0.1) is 0 Å². The molecule has 1 amide bonds. The van der Waals surface area contributed by atoms with Gasteiger partial charge in [-0.1, -0.05) is 47.6 Å². The fourth-order valence-electron chi connectivity index (χ4n) is 3.59. The highest BCUT2D eigenvalue weighted by Gasteiger charge is 2.43. The zero-order valence-corrected chi connectivity index (χ0v) is 18.2. The second-order valence-corrected chi connectivity index (χ2v) is 8.69. The molecule has 4 N–H and O–H groups in total. The average Bonchev–Trinajstić information content (AvgIpc) is 3.09. The third-order valence-electron chi connectivity index (χ3n) is 5.08. The van der Waals surface area contributed by atoms with Crippen molar-refractivity contribution in [1.82, 2.24) is 10.9 Å². The quantitative estimate of drug-likeness (QED) is 0.580. The number of carbonyl (C=O) groups is 1. The molecule has 3 atom stereocenters. The molecule has 2 aliphatic rings. The van der Waals surface area contributed by atoms with Crippen molar-refractivity contribution < 1.29 is 4.79 Å². The van der Waals surface area contributed by atoms with Gasteiger partial charge in [-0.05, 0) is 43.7 Å². The molecule has 2 aliphatic heterocycles. The summed E-state index contributed by atoms with van der Waals surface area (Å²) in [4.78, 5) is 19.2. The maximum atomic E-state index is 12.5. The number of anilines is 2. The Morgan fingerprint density at radius 2 is 2.07 bits per heavy atom. The van der Waals surface area contributed by atoms with Gasteiger partial charge in [0.25, 0.3) is 0 Å². The lowest BCUT2D eigenvalue weighted by Gasteiger charge is -2.36. The summed E-state index contributed by atoms with van der Waals surface area (Å²) in [6.07, 6.45) is -0.234. The molecular weight excluding hydrogens is 420 g/mol. The zero-order valence-electron chi connectivity index (χ0n) is 16.6. The number of benzene rings is 2. The first kappa shape index (κ1) is 20.9. The minimum Gasteiger partial charge on any atom is -0.324 e. The van der Waals surface area contributed by atoms with Crippen LogP contribution in [0.2, 0.25) is 5.02 Å². The van der Waals surface area contributed by atoms with E-state index in [1.165, 1.54) is 11.8 Å². The Kier molecular flexibility index (Phi) is 6.10. The Morgan fingerprint density at radius 3 is 2.83 bits per heavy atom. The van der Waals surface area contributed by atoms with Gasteiger partial charge in [-0.2, -0.15) is 0 Å². The van der Waals surface area contributed by atoms with Crippen LogP contribution in [0.4, 0.5) is 11.4 Å². The molecule has 30 heavy (non-hydrogen) atoms. The number of hydrogen-bond donors (Lipinski definition) is 4. The number of halogens is 1. The smallest absolute Gasteiger partial charge is 0.234 e. The Balaban J connectivity index is 1.56. The molecule has 0 aromatic heterocycles.